The number of nitrogens with zero attached hydrogens (tertiary/aromatic N) is 2. The van der Waals surface area contributed by atoms with Crippen LogP contribution in [0.3, 0.4) is 0 Å². The lowest BCUT2D eigenvalue weighted by molar-refractivity contribution is -0.122. The molecule has 0 aliphatic rings. The van der Waals surface area contributed by atoms with Gasteiger partial charge in [0.2, 0.25) is 11.8 Å². The highest BCUT2D eigenvalue weighted by atomic mass is 32.1. The van der Waals surface area contributed by atoms with E-state index in [1.165, 1.54) is 0 Å². The molecule has 102 valence electrons. The van der Waals surface area contributed by atoms with E-state index < -0.39 is 5.91 Å². The molecule has 2 aromatic heterocycles. The van der Waals surface area contributed by atoms with Crippen LogP contribution in [0, 0.1) is 4.77 Å². The number of nitrogens with two attached hydrogens (primary N) is 1. The van der Waals surface area contributed by atoms with E-state index >= 15 is 0 Å². The second-order valence-electron chi connectivity index (χ2n) is 3.83. The number of rotatable bonds is 6. The highest BCUT2D eigenvalue weighted by molar-refractivity contribution is 7.71. The molecule has 0 radical (unpaired) electrons. The van der Waals surface area contributed by atoms with Gasteiger partial charge < -0.3 is 20.2 Å². The topological polar surface area (TPSA) is 95.2 Å². The molecule has 2 aromatic rings. The van der Waals surface area contributed by atoms with Crippen molar-refractivity contribution < 1.29 is 14.3 Å². The van der Waals surface area contributed by atoms with Gasteiger partial charge in [-0.3, -0.25) is 9.36 Å². The van der Waals surface area contributed by atoms with Crippen molar-refractivity contribution in [2.75, 3.05) is 20.3 Å². The predicted molar refractivity (Wildman–Crippen MR) is 71.5 cm³/mol. The van der Waals surface area contributed by atoms with Gasteiger partial charge in [-0.05, 0) is 18.3 Å². The van der Waals surface area contributed by atoms with Gasteiger partial charge in [-0.25, -0.2) is 0 Å². The maximum Gasteiger partial charge on any atom is 0.243 e. The van der Waals surface area contributed by atoms with E-state index in [0.29, 0.717) is 29.4 Å². The molecular weight excluding hydrogens is 268 g/mol. The van der Waals surface area contributed by atoms with E-state index in [2.05, 4.69) is 9.97 Å². The number of ether oxygens (including phenoxy) is 2. The van der Waals surface area contributed by atoms with Gasteiger partial charge in [0.15, 0.2) is 10.4 Å². The lowest BCUT2D eigenvalue weighted by atomic mass is 10.4. The number of carbonyl (C=O) groups is 1. The van der Waals surface area contributed by atoms with Crippen LogP contribution in [-0.4, -0.2) is 40.8 Å². The second kappa shape index (κ2) is 5.81. The van der Waals surface area contributed by atoms with Crippen LogP contribution in [0.1, 0.15) is 0 Å². The summed E-state index contributed by atoms with van der Waals surface area (Å²) >= 11 is 5.21. The number of carbonyl (C=O) groups excluding carboxylic acids is 1. The third kappa shape index (κ3) is 3.09. The van der Waals surface area contributed by atoms with Gasteiger partial charge in [0.05, 0.1) is 25.8 Å². The number of primary amides is 1. The molecular formula is C11H14N4O3S. The maximum atomic E-state index is 10.6. The lowest BCUT2D eigenvalue weighted by Crippen LogP contribution is -2.19. The lowest BCUT2D eigenvalue weighted by Gasteiger charge is -2.05. The van der Waals surface area contributed by atoms with Crippen LogP contribution in [0.5, 0.6) is 5.88 Å². The molecule has 0 atom stereocenters. The molecule has 7 nitrogen and oxygen atoms in total. The number of aromatic amines is 1. The molecule has 19 heavy (non-hydrogen) atoms. The normalized spacial score (nSPS) is 10.8. The largest absolute Gasteiger partial charge is 0.481 e. The van der Waals surface area contributed by atoms with Crippen LogP contribution in [0.4, 0.5) is 0 Å². The molecule has 0 saturated heterocycles. The first kappa shape index (κ1) is 13.5. The number of aromatic nitrogens is 3. The fourth-order valence-corrected chi connectivity index (χ4v) is 1.95. The maximum absolute atomic E-state index is 10.6. The summed E-state index contributed by atoms with van der Waals surface area (Å²) in [5.74, 6) is 0.00984. The number of imidazole rings is 1. The van der Waals surface area contributed by atoms with Gasteiger partial charge in [-0.2, -0.15) is 4.98 Å². The summed E-state index contributed by atoms with van der Waals surface area (Å²) in [6.07, 6.45) is 0. The van der Waals surface area contributed by atoms with Crippen molar-refractivity contribution >= 4 is 29.3 Å². The van der Waals surface area contributed by atoms with Crippen molar-refractivity contribution in [1.82, 2.24) is 14.5 Å². The number of amides is 1. The fraction of sp³-hybridized carbons (Fsp3) is 0.364. The van der Waals surface area contributed by atoms with Crippen LogP contribution in [0.15, 0.2) is 12.1 Å². The Bertz CT molecular complexity index is 649. The Morgan fingerprint density at radius 2 is 2.37 bits per heavy atom. The number of nitrogens with one attached hydrogen (secondary N) is 1. The van der Waals surface area contributed by atoms with Gasteiger partial charge in [0.25, 0.3) is 0 Å². The van der Waals surface area contributed by atoms with Crippen molar-refractivity contribution in [3.05, 3.63) is 16.9 Å². The summed E-state index contributed by atoms with van der Waals surface area (Å²) in [5, 5.41) is 0. The van der Waals surface area contributed by atoms with E-state index in [-0.39, 0.29) is 6.61 Å². The van der Waals surface area contributed by atoms with Gasteiger partial charge in [-0.15, -0.1) is 0 Å². The Labute approximate surface area is 114 Å². The average molecular weight is 282 g/mol. The number of H-pyrrole nitrogens is 1. The van der Waals surface area contributed by atoms with Crippen LogP contribution in [0.2, 0.25) is 0 Å². The van der Waals surface area contributed by atoms with Crippen molar-refractivity contribution in [2.45, 2.75) is 6.54 Å². The molecule has 2 rings (SSSR count). The van der Waals surface area contributed by atoms with Crippen molar-refractivity contribution in [3.63, 3.8) is 0 Å². The standard InChI is InChI=1S/C11H14N4O3S/c1-17-9-3-2-7-10(14-9)15(11(19)13-7)4-5-18-6-8(12)16/h2-3H,4-6H2,1H3,(H2,12,16)(H,13,19). The first-order valence-corrected chi connectivity index (χ1v) is 6.02. The predicted octanol–water partition coefficient (Wildman–Crippen LogP) is 0.604. The molecule has 2 heterocycles. The third-order valence-electron chi connectivity index (χ3n) is 2.50. The SMILES string of the molecule is COc1ccc2[nH]c(=S)n(CCOCC(N)=O)c2n1. The molecule has 0 spiro atoms. The Morgan fingerprint density at radius 3 is 3.05 bits per heavy atom. The Morgan fingerprint density at radius 1 is 1.58 bits per heavy atom. The minimum atomic E-state index is -0.498. The zero-order valence-electron chi connectivity index (χ0n) is 10.4. The van der Waals surface area contributed by atoms with E-state index in [1.807, 2.05) is 6.07 Å². The average Bonchev–Trinajstić information content (AvgIpc) is 2.69. The summed E-state index contributed by atoms with van der Waals surface area (Å²) in [7, 11) is 1.55. The molecule has 0 aromatic carbocycles. The molecule has 0 unspecified atom stereocenters. The molecule has 1 amide bonds. The summed E-state index contributed by atoms with van der Waals surface area (Å²) in [6, 6.07) is 3.60. The van der Waals surface area contributed by atoms with Gasteiger partial charge in [0, 0.05) is 6.07 Å². The molecule has 0 aliphatic carbocycles. The minimum Gasteiger partial charge on any atom is -0.481 e. The van der Waals surface area contributed by atoms with Crippen molar-refractivity contribution in [3.8, 4) is 5.88 Å². The Hall–Kier alpha value is -1.93. The Kier molecular flexibility index (Phi) is 4.13. The first-order valence-electron chi connectivity index (χ1n) is 5.61. The number of pyridine rings is 1. The quantitative estimate of drug-likeness (QED) is 0.597. The Balaban J connectivity index is 2.19. The van der Waals surface area contributed by atoms with E-state index in [9.17, 15) is 4.79 Å². The summed E-state index contributed by atoms with van der Waals surface area (Å²) < 4.78 is 12.5. The van der Waals surface area contributed by atoms with Crippen LogP contribution in [0.25, 0.3) is 11.2 Å². The minimum absolute atomic E-state index is 0.105. The number of methoxy groups -OCH3 is 1. The summed E-state index contributed by atoms with van der Waals surface area (Å²) in [5.41, 5.74) is 6.49. The number of hydrogen-bond donors (Lipinski definition) is 2. The first-order chi connectivity index (χ1) is 9.11. The van der Waals surface area contributed by atoms with Gasteiger partial charge in [0.1, 0.15) is 6.61 Å². The van der Waals surface area contributed by atoms with E-state index in [1.54, 1.807) is 17.7 Å². The molecule has 0 fully saturated rings. The van der Waals surface area contributed by atoms with Crippen LogP contribution >= 0.6 is 12.2 Å². The second-order valence-corrected chi connectivity index (χ2v) is 4.21. The zero-order chi connectivity index (χ0) is 13.8. The monoisotopic (exact) mass is 282 g/mol. The summed E-state index contributed by atoms with van der Waals surface area (Å²) in [4.78, 5) is 17.9. The van der Waals surface area contributed by atoms with Gasteiger partial charge in [-0.1, -0.05) is 0 Å². The fourth-order valence-electron chi connectivity index (χ4n) is 1.66. The molecule has 0 bridgehead atoms. The summed E-state index contributed by atoms with van der Waals surface area (Å²) in [6.45, 7) is 0.696. The van der Waals surface area contributed by atoms with E-state index in [0.717, 1.165) is 5.52 Å². The van der Waals surface area contributed by atoms with Crippen molar-refractivity contribution in [2.24, 2.45) is 5.73 Å². The highest BCUT2D eigenvalue weighted by Gasteiger charge is 2.07. The molecule has 0 aliphatic heterocycles. The smallest absolute Gasteiger partial charge is 0.243 e. The third-order valence-corrected chi connectivity index (χ3v) is 2.83. The number of hydrogen-bond acceptors (Lipinski definition) is 5. The van der Waals surface area contributed by atoms with Crippen molar-refractivity contribution in [1.29, 1.82) is 0 Å². The highest BCUT2D eigenvalue weighted by Crippen LogP contribution is 2.16. The van der Waals surface area contributed by atoms with Crippen LogP contribution in [-0.2, 0) is 16.1 Å². The van der Waals surface area contributed by atoms with E-state index in [4.69, 9.17) is 27.4 Å². The number of fused-ring (bicyclic) bond motifs is 1. The molecule has 8 heteroatoms. The molecule has 0 saturated carbocycles. The van der Waals surface area contributed by atoms with Gasteiger partial charge >= 0.3 is 0 Å². The molecule has 3 N–H and O–H groups in total. The zero-order valence-corrected chi connectivity index (χ0v) is 11.2. The van der Waals surface area contributed by atoms with Crippen LogP contribution < -0.4 is 10.5 Å².